The lowest BCUT2D eigenvalue weighted by Crippen LogP contribution is -2.52. The van der Waals surface area contributed by atoms with Crippen molar-refractivity contribution in [1.29, 1.82) is 5.26 Å². The SMILES string of the molecule is CCC1CCC(C#N)(NS(=O)(=O)C2CCCCC2)CC1. The summed E-state index contributed by atoms with van der Waals surface area (Å²) >= 11 is 0. The van der Waals surface area contributed by atoms with Crippen LogP contribution in [0.4, 0.5) is 0 Å². The molecule has 0 bridgehead atoms. The van der Waals surface area contributed by atoms with Crippen molar-refractivity contribution in [1.82, 2.24) is 4.72 Å². The summed E-state index contributed by atoms with van der Waals surface area (Å²) < 4.78 is 27.8. The molecular weight excluding hydrogens is 272 g/mol. The fraction of sp³-hybridized carbons (Fsp3) is 0.933. The minimum atomic E-state index is -3.35. The van der Waals surface area contributed by atoms with Gasteiger partial charge in [-0.1, -0.05) is 32.6 Å². The standard InChI is InChI=1S/C15H26N2O2S/c1-2-13-8-10-15(12-16,11-9-13)17-20(18,19)14-6-4-3-5-7-14/h13-14,17H,2-11H2,1H3. The minimum Gasteiger partial charge on any atom is -0.212 e. The molecule has 2 saturated carbocycles. The summed E-state index contributed by atoms with van der Waals surface area (Å²) in [6.45, 7) is 2.16. The summed E-state index contributed by atoms with van der Waals surface area (Å²) in [6.07, 6.45) is 8.95. The van der Waals surface area contributed by atoms with Crippen LogP contribution in [0.25, 0.3) is 0 Å². The Kier molecular flexibility index (Phi) is 5.09. The van der Waals surface area contributed by atoms with Crippen LogP contribution < -0.4 is 4.72 Å². The Morgan fingerprint density at radius 3 is 2.25 bits per heavy atom. The predicted molar refractivity (Wildman–Crippen MR) is 79.5 cm³/mol. The van der Waals surface area contributed by atoms with Crippen molar-refractivity contribution in [2.45, 2.75) is 81.9 Å². The third kappa shape index (κ3) is 3.53. The molecule has 0 aromatic carbocycles. The summed E-state index contributed by atoms with van der Waals surface area (Å²) in [5, 5.41) is 9.20. The zero-order chi connectivity index (χ0) is 14.6. The van der Waals surface area contributed by atoms with E-state index < -0.39 is 15.6 Å². The Morgan fingerprint density at radius 2 is 1.75 bits per heavy atom. The third-order valence-corrected chi connectivity index (χ3v) is 7.10. The summed E-state index contributed by atoms with van der Waals surface area (Å²) in [6, 6.07) is 2.27. The van der Waals surface area contributed by atoms with E-state index in [1.54, 1.807) is 0 Å². The topological polar surface area (TPSA) is 70.0 Å². The molecule has 0 saturated heterocycles. The van der Waals surface area contributed by atoms with Crippen molar-refractivity contribution in [3.05, 3.63) is 0 Å². The lowest BCUT2D eigenvalue weighted by Gasteiger charge is -2.36. The summed E-state index contributed by atoms with van der Waals surface area (Å²) in [7, 11) is -3.35. The monoisotopic (exact) mass is 298 g/mol. The highest BCUT2D eigenvalue weighted by molar-refractivity contribution is 7.90. The lowest BCUT2D eigenvalue weighted by molar-refractivity contribution is 0.258. The van der Waals surface area contributed by atoms with Gasteiger partial charge in [0.05, 0.1) is 11.3 Å². The second kappa shape index (κ2) is 6.44. The first-order valence-corrected chi connectivity index (χ1v) is 9.50. The highest BCUT2D eigenvalue weighted by atomic mass is 32.2. The van der Waals surface area contributed by atoms with Crippen molar-refractivity contribution < 1.29 is 8.42 Å². The average Bonchev–Trinajstić information content (AvgIpc) is 2.48. The second-order valence-corrected chi connectivity index (χ2v) is 8.41. The number of sulfonamides is 1. The van der Waals surface area contributed by atoms with Gasteiger partial charge in [-0.15, -0.1) is 0 Å². The number of nitriles is 1. The van der Waals surface area contributed by atoms with Crippen molar-refractivity contribution in [2.75, 3.05) is 0 Å². The number of hydrogen-bond donors (Lipinski definition) is 1. The molecule has 1 N–H and O–H groups in total. The van der Waals surface area contributed by atoms with Gasteiger partial charge < -0.3 is 0 Å². The van der Waals surface area contributed by atoms with Gasteiger partial charge in [0, 0.05) is 0 Å². The van der Waals surface area contributed by atoms with E-state index in [2.05, 4.69) is 17.7 Å². The molecule has 0 atom stereocenters. The Hall–Kier alpha value is -0.600. The molecule has 0 amide bonds. The van der Waals surface area contributed by atoms with Crippen LogP contribution in [0.15, 0.2) is 0 Å². The van der Waals surface area contributed by atoms with Crippen LogP contribution in [-0.2, 0) is 10.0 Å². The molecule has 0 aromatic heterocycles. The normalized spacial score (nSPS) is 32.7. The van der Waals surface area contributed by atoms with Crippen LogP contribution in [0, 0.1) is 17.2 Å². The van der Waals surface area contributed by atoms with Gasteiger partial charge in [0.1, 0.15) is 5.54 Å². The molecule has 5 heteroatoms. The zero-order valence-electron chi connectivity index (χ0n) is 12.4. The van der Waals surface area contributed by atoms with Gasteiger partial charge in [-0.05, 0) is 44.4 Å². The van der Waals surface area contributed by atoms with E-state index in [1.807, 2.05) is 0 Å². The van der Waals surface area contributed by atoms with E-state index in [9.17, 15) is 13.7 Å². The molecule has 4 nitrogen and oxygen atoms in total. The number of rotatable bonds is 4. The first-order valence-electron chi connectivity index (χ1n) is 7.95. The smallest absolute Gasteiger partial charge is 0.212 e. The van der Waals surface area contributed by atoms with Crippen LogP contribution in [0.1, 0.15) is 71.1 Å². The number of hydrogen-bond acceptors (Lipinski definition) is 3. The maximum atomic E-state index is 12.5. The van der Waals surface area contributed by atoms with Crippen molar-refractivity contribution in [3.63, 3.8) is 0 Å². The molecular formula is C15H26N2O2S. The molecule has 20 heavy (non-hydrogen) atoms. The number of nitrogens with one attached hydrogen (secondary N) is 1. The van der Waals surface area contributed by atoms with Gasteiger partial charge in [-0.3, -0.25) is 0 Å². The fourth-order valence-electron chi connectivity index (χ4n) is 3.55. The van der Waals surface area contributed by atoms with Crippen LogP contribution in [0.2, 0.25) is 0 Å². The van der Waals surface area contributed by atoms with Crippen LogP contribution in [0.3, 0.4) is 0 Å². The Balaban J connectivity index is 2.04. The molecule has 114 valence electrons. The molecule has 0 unspecified atom stereocenters. The largest absolute Gasteiger partial charge is 0.215 e. The summed E-state index contributed by atoms with van der Waals surface area (Å²) in [4.78, 5) is 0. The van der Waals surface area contributed by atoms with Gasteiger partial charge in [0.25, 0.3) is 0 Å². The van der Waals surface area contributed by atoms with Gasteiger partial charge in [-0.2, -0.15) is 9.98 Å². The Morgan fingerprint density at radius 1 is 1.15 bits per heavy atom. The molecule has 0 radical (unpaired) electrons. The lowest BCUT2D eigenvalue weighted by atomic mass is 9.77. The molecule has 2 aliphatic rings. The minimum absolute atomic E-state index is 0.287. The summed E-state index contributed by atoms with van der Waals surface area (Å²) in [5.74, 6) is 0.649. The highest BCUT2D eigenvalue weighted by Gasteiger charge is 2.40. The van der Waals surface area contributed by atoms with Crippen LogP contribution >= 0.6 is 0 Å². The van der Waals surface area contributed by atoms with E-state index in [4.69, 9.17) is 0 Å². The first kappa shape index (κ1) is 15.8. The predicted octanol–water partition coefficient (Wildman–Crippen LogP) is 3.10. The first-order chi connectivity index (χ1) is 9.51. The highest BCUT2D eigenvalue weighted by Crippen LogP contribution is 2.35. The fourth-order valence-corrected chi connectivity index (χ4v) is 5.46. The molecule has 0 aromatic rings. The van der Waals surface area contributed by atoms with Crippen molar-refractivity contribution in [2.24, 2.45) is 5.92 Å². The summed E-state index contributed by atoms with van der Waals surface area (Å²) in [5.41, 5.74) is -0.845. The average molecular weight is 298 g/mol. The quantitative estimate of drug-likeness (QED) is 0.867. The van der Waals surface area contributed by atoms with Crippen LogP contribution in [-0.4, -0.2) is 19.2 Å². The Bertz CT molecular complexity index is 453. The molecule has 0 heterocycles. The zero-order valence-corrected chi connectivity index (χ0v) is 13.2. The van der Waals surface area contributed by atoms with Gasteiger partial charge >= 0.3 is 0 Å². The van der Waals surface area contributed by atoms with Crippen molar-refractivity contribution >= 4 is 10.0 Å². The van der Waals surface area contributed by atoms with E-state index >= 15 is 0 Å². The molecule has 2 aliphatic carbocycles. The molecule has 0 spiro atoms. The number of nitrogens with zero attached hydrogens (tertiary/aromatic N) is 1. The van der Waals surface area contributed by atoms with E-state index in [0.717, 1.165) is 51.4 Å². The van der Waals surface area contributed by atoms with E-state index in [-0.39, 0.29) is 5.25 Å². The van der Waals surface area contributed by atoms with Gasteiger partial charge in [0.15, 0.2) is 0 Å². The van der Waals surface area contributed by atoms with Gasteiger partial charge in [0.2, 0.25) is 10.0 Å². The van der Waals surface area contributed by atoms with E-state index in [0.29, 0.717) is 18.8 Å². The maximum Gasteiger partial charge on any atom is 0.215 e. The Labute approximate surface area is 123 Å². The van der Waals surface area contributed by atoms with Crippen LogP contribution in [0.5, 0.6) is 0 Å². The van der Waals surface area contributed by atoms with E-state index in [1.165, 1.54) is 0 Å². The molecule has 2 rings (SSSR count). The molecule has 2 fully saturated rings. The third-order valence-electron chi connectivity index (χ3n) is 5.08. The molecule has 0 aliphatic heterocycles. The maximum absolute atomic E-state index is 12.5. The van der Waals surface area contributed by atoms with Gasteiger partial charge in [-0.25, -0.2) is 8.42 Å². The van der Waals surface area contributed by atoms with Crippen molar-refractivity contribution in [3.8, 4) is 6.07 Å². The second-order valence-electron chi connectivity index (χ2n) is 6.45.